The van der Waals surface area contributed by atoms with Crippen LogP contribution in [0.2, 0.25) is 0 Å². The number of nitrogens with zero attached hydrogens (tertiary/aromatic N) is 1. The molecule has 0 amide bonds. The van der Waals surface area contributed by atoms with Crippen molar-refractivity contribution < 1.29 is 0 Å². The van der Waals surface area contributed by atoms with Crippen molar-refractivity contribution in [1.29, 1.82) is 0 Å². The van der Waals surface area contributed by atoms with Crippen molar-refractivity contribution in [2.75, 3.05) is 20.1 Å². The minimum Gasteiger partial charge on any atom is -0.309 e. The molecule has 0 aromatic heterocycles. The summed E-state index contributed by atoms with van der Waals surface area (Å²) in [5.74, 6) is 0. The van der Waals surface area contributed by atoms with Crippen LogP contribution in [0.1, 0.15) is 56.7 Å². The molecule has 1 N–H and O–H groups in total. The Bertz CT molecular complexity index is 402. The summed E-state index contributed by atoms with van der Waals surface area (Å²) in [6.45, 7) is 6.85. The highest BCUT2D eigenvalue weighted by molar-refractivity contribution is 5.34. The molecule has 0 bridgehead atoms. The summed E-state index contributed by atoms with van der Waals surface area (Å²) in [6, 6.07) is 10.1. The minimum atomic E-state index is 0.502. The average Bonchev–Trinajstić information content (AvgIpc) is 2.50. The van der Waals surface area contributed by atoms with Crippen LogP contribution < -0.4 is 5.32 Å². The van der Waals surface area contributed by atoms with E-state index < -0.39 is 0 Å². The Balaban J connectivity index is 2.15. The van der Waals surface area contributed by atoms with Gasteiger partial charge in [0, 0.05) is 12.1 Å². The van der Waals surface area contributed by atoms with Gasteiger partial charge in [0.25, 0.3) is 0 Å². The molecule has 20 heavy (non-hydrogen) atoms. The lowest BCUT2D eigenvalue weighted by Crippen LogP contribution is -2.46. The third kappa shape index (κ3) is 3.62. The molecule has 1 aliphatic rings. The van der Waals surface area contributed by atoms with E-state index in [2.05, 4.69) is 55.4 Å². The largest absolute Gasteiger partial charge is 0.309 e. The molecule has 0 fully saturated rings. The molecule has 2 nitrogen and oxygen atoms in total. The normalized spacial score (nSPS) is 22.0. The quantitative estimate of drug-likeness (QED) is 0.814. The first-order valence-electron chi connectivity index (χ1n) is 8.29. The molecule has 2 unspecified atom stereocenters. The van der Waals surface area contributed by atoms with Gasteiger partial charge in [-0.2, -0.15) is 0 Å². The highest BCUT2D eigenvalue weighted by atomic mass is 15.2. The van der Waals surface area contributed by atoms with E-state index in [-0.39, 0.29) is 0 Å². The third-order valence-corrected chi connectivity index (χ3v) is 4.53. The van der Waals surface area contributed by atoms with Gasteiger partial charge >= 0.3 is 0 Å². The van der Waals surface area contributed by atoms with Gasteiger partial charge in [-0.15, -0.1) is 0 Å². The Morgan fingerprint density at radius 3 is 2.75 bits per heavy atom. The third-order valence-electron chi connectivity index (χ3n) is 4.53. The number of fused-ring (bicyclic) bond motifs is 1. The highest BCUT2D eigenvalue weighted by Gasteiger charge is 2.31. The molecule has 1 aromatic rings. The van der Waals surface area contributed by atoms with Crippen LogP contribution in [0.5, 0.6) is 0 Å². The smallest absolute Gasteiger partial charge is 0.0480 e. The van der Waals surface area contributed by atoms with E-state index in [0.717, 1.165) is 6.54 Å². The fraction of sp³-hybridized carbons (Fsp3) is 0.667. The van der Waals surface area contributed by atoms with Gasteiger partial charge in [-0.05, 0) is 56.9 Å². The minimum absolute atomic E-state index is 0.502. The highest BCUT2D eigenvalue weighted by Crippen LogP contribution is 2.32. The van der Waals surface area contributed by atoms with Crippen molar-refractivity contribution in [1.82, 2.24) is 10.2 Å². The maximum absolute atomic E-state index is 3.79. The Morgan fingerprint density at radius 1 is 1.20 bits per heavy atom. The number of rotatable bonds is 7. The fourth-order valence-electron chi connectivity index (χ4n) is 3.34. The van der Waals surface area contributed by atoms with E-state index in [4.69, 9.17) is 0 Å². The molecule has 1 aliphatic carbocycles. The standard InChI is InChI=1S/C18H30N2/c1-4-6-14-20(3)17-12-11-15-9-7-8-10-16(15)18(17)19-13-5-2/h7-10,17-19H,4-6,11-14H2,1-3H3. The van der Waals surface area contributed by atoms with E-state index >= 15 is 0 Å². The molecule has 2 heteroatoms. The van der Waals surface area contributed by atoms with Gasteiger partial charge in [-0.1, -0.05) is 44.5 Å². The number of hydrogen-bond acceptors (Lipinski definition) is 2. The first-order chi connectivity index (χ1) is 9.77. The van der Waals surface area contributed by atoms with Gasteiger partial charge in [0.1, 0.15) is 0 Å². The number of nitrogens with one attached hydrogen (secondary N) is 1. The second kappa shape index (κ2) is 7.80. The Hall–Kier alpha value is -0.860. The predicted molar refractivity (Wildman–Crippen MR) is 87.1 cm³/mol. The number of aryl methyl sites for hydroxylation is 1. The first kappa shape index (κ1) is 15.5. The van der Waals surface area contributed by atoms with Crippen molar-refractivity contribution in [3.63, 3.8) is 0 Å². The van der Waals surface area contributed by atoms with Crippen molar-refractivity contribution >= 4 is 0 Å². The zero-order valence-electron chi connectivity index (χ0n) is 13.4. The molecule has 2 rings (SSSR count). The summed E-state index contributed by atoms with van der Waals surface area (Å²) in [5.41, 5.74) is 3.07. The van der Waals surface area contributed by atoms with Crippen LogP contribution in [0.25, 0.3) is 0 Å². The predicted octanol–water partition coefficient (Wildman–Crippen LogP) is 3.77. The Labute approximate surface area is 124 Å². The second-order valence-corrected chi connectivity index (χ2v) is 6.07. The molecular weight excluding hydrogens is 244 g/mol. The second-order valence-electron chi connectivity index (χ2n) is 6.07. The van der Waals surface area contributed by atoms with Crippen molar-refractivity contribution in [2.24, 2.45) is 0 Å². The molecule has 1 aromatic carbocycles. The van der Waals surface area contributed by atoms with Crippen molar-refractivity contribution in [2.45, 2.75) is 58.0 Å². The average molecular weight is 274 g/mol. The number of likely N-dealkylation sites (N-methyl/N-ethyl adjacent to an activating group) is 1. The maximum atomic E-state index is 3.79. The summed E-state index contributed by atoms with van der Waals surface area (Å²) < 4.78 is 0. The van der Waals surface area contributed by atoms with E-state index in [0.29, 0.717) is 12.1 Å². The van der Waals surface area contributed by atoms with E-state index in [1.807, 2.05) is 0 Å². The molecule has 2 atom stereocenters. The lowest BCUT2D eigenvalue weighted by molar-refractivity contribution is 0.171. The molecule has 0 radical (unpaired) electrons. The van der Waals surface area contributed by atoms with Crippen LogP contribution in [0, 0.1) is 0 Å². The summed E-state index contributed by atoms with van der Waals surface area (Å²) >= 11 is 0. The summed E-state index contributed by atoms with van der Waals surface area (Å²) in [6.07, 6.45) is 6.28. The lowest BCUT2D eigenvalue weighted by atomic mass is 9.83. The van der Waals surface area contributed by atoms with Crippen molar-refractivity contribution in [3.05, 3.63) is 35.4 Å². The molecule has 112 valence electrons. The zero-order chi connectivity index (χ0) is 14.4. The molecule has 0 saturated heterocycles. The van der Waals surface area contributed by atoms with Crippen molar-refractivity contribution in [3.8, 4) is 0 Å². The van der Waals surface area contributed by atoms with E-state index in [1.165, 1.54) is 44.2 Å². The molecule has 0 aliphatic heterocycles. The van der Waals surface area contributed by atoms with Crippen LogP contribution in [0.3, 0.4) is 0 Å². The van der Waals surface area contributed by atoms with Gasteiger partial charge in [0.05, 0.1) is 0 Å². The van der Waals surface area contributed by atoms with Crippen LogP contribution in [0.4, 0.5) is 0 Å². The van der Waals surface area contributed by atoms with Gasteiger partial charge in [-0.3, -0.25) is 0 Å². The van der Waals surface area contributed by atoms with E-state index in [1.54, 1.807) is 5.56 Å². The maximum Gasteiger partial charge on any atom is 0.0480 e. The first-order valence-corrected chi connectivity index (χ1v) is 8.29. The lowest BCUT2D eigenvalue weighted by Gasteiger charge is -2.40. The number of hydrogen-bond donors (Lipinski definition) is 1. The Kier molecular flexibility index (Phi) is 6.06. The van der Waals surface area contributed by atoms with Gasteiger partial charge in [0.2, 0.25) is 0 Å². The monoisotopic (exact) mass is 274 g/mol. The number of unbranched alkanes of at least 4 members (excludes halogenated alkanes) is 1. The number of benzene rings is 1. The summed E-state index contributed by atoms with van der Waals surface area (Å²) in [7, 11) is 2.30. The van der Waals surface area contributed by atoms with Crippen LogP contribution in [-0.2, 0) is 6.42 Å². The topological polar surface area (TPSA) is 15.3 Å². The fourth-order valence-corrected chi connectivity index (χ4v) is 3.34. The molecule has 0 spiro atoms. The molecular formula is C18H30N2. The molecule has 0 saturated carbocycles. The van der Waals surface area contributed by atoms with E-state index in [9.17, 15) is 0 Å². The van der Waals surface area contributed by atoms with Gasteiger partial charge in [0.15, 0.2) is 0 Å². The molecule has 0 heterocycles. The van der Waals surface area contributed by atoms with Crippen LogP contribution in [-0.4, -0.2) is 31.1 Å². The Morgan fingerprint density at radius 2 is 2.00 bits per heavy atom. The van der Waals surface area contributed by atoms with Crippen LogP contribution >= 0.6 is 0 Å². The summed E-state index contributed by atoms with van der Waals surface area (Å²) in [5, 5.41) is 3.79. The van der Waals surface area contributed by atoms with Gasteiger partial charge < -0.3 is 10.2 Å². The zero-order valence-corrected chi connectivity index (χ0v) is 13.4. The van der Waals surface area contributed by atoms with Crippen LogP contribution in [0.15, 0.2) is 24.3 Å². The van der Waals surface area contributed by atoms with Gasteiger partial charge in [-0.25, -0.2) is 0 Å². The SMILES string of the molecule is CCCCN(C)C1CCc2ccccc2C1NCCC. The summed E-state index contributed by atoms with van der Waals surface area (Å²) in [4.78, 5) is 2.58.